The molecule has 1 atom stereocenters. The van der Waals surface area contributed by atoms with Crippen LogP contribution < -0.4 is 10.1 Å². The molecule has 0 amide bonds. The standard InChI is InChI=1S/C25H21NO5/c1-17(16-22(27)18-8-4-2-5-9-18)26-23(24(28)29)19-12-14-21(15-13-19)31-25(30)20-10-6-3-7-11-20/h2-16,23,26H,1H3,(H,28,29)/b17-16+. The second-order valence-corrected chi connectivity index (χ2v) is 6.80. The SMILES string of the molecule is C/C(=C\C(=O)c1ccccc1)NC(C(=O)O)c1ccc(OC(=O)c2ccccc2)cc1. The Labute approximate surface area is 179 Å². The topological polar surface area (TPSA) is 92.7 Å². The molecule has 2 N–H and O–H groups in total. The summed E-state index contributed by atoms with van der Waals surface area (Å²) < 4.78 is 5.32. The van der Waals surface area contributed by atoms with Gasteiger partial charge in [-0.05, 0) is 36.8 Å². The lowest BCUT2D eigenvalue weighted by Gasteiger charge is -2.17. The van der Waals surface area contributed by atoms with Crippen molar-refractivity contribution in [2.24, 2.45) is 0 Å². The van der Waals surface area contributed by atoms with Crippen LogP contribution in [0.2, 0.25) is 0 Å². The van der Waals surface area contributed by atoms with Crippen LogP contribution in [0.1, 0.15) is 39.2 Å². The normalized spacial score (nSPS) is 12.0. The van der Waals surface area contributed by atoms with E-state index in [-0.39, 0.29) is 5.78 Å². The molecule has 0 radical (unpaired) electrons. The molecule has 0 aliphatic rings. The highest BCUT2D eigenvalue weighted by atomic mass is 16.5. The summed E-state index contributed by atoms with van der Waals surface area (Å²) >= 11 is 0. The average molecular weight is 415 g/mol. The molecule has 3 aromatic rings. The Kier molecular flexibility index (Phi) is 6.96. The molecule has 0 aromatic heterocycles. The molecule has 0 spiro atoms. The minimum atomic E-state index is -1.10. The minimum absolute atomic E-state index is 0.224. The van der Waals surface area contributed by atoms with E-state index < -0.39 is 18.0 Å². The lowest BCUT2D eigenvalue weighted by molar-refractivity contribution is -0.139. The summed E-state index contributed by atoms with van der Waals surface area (Å²) in [5.74, 6) is -1.53. The number of benzene rings is 3. The van der Waals surface area contributed by atoms with E-state index in [0.717, 1.165) is 0 Å². The number of hydrogen-bond acceptors (Lipinski definition) is 5. The van der Waals surface area contributed by atoms with Crippen molar-refractivity contribution in [1.29, 1.82) is 0 Å². The number of ketones is 1. The van der Waals surface area contributed by atoms with Crippen LogP contribution in [0.15, 0.2) is 96.7 Å². The van der Waals surface area contributed by atoms with Gasteiger partial charge in [0.05, 0.1) is 5.56 Å². The van der Waals surface area contributed by atoms with E-state index in [1.165, 1.54) is 18.2 Å². The molecule has 0 saturated heterocycles. The third kappa shape index (κ3) is 5.90. The predicted octanol–water partition coefficient (Wildman–Crippen LogP) is 4.41. The van der Waals surface area contributed by atoms with Gasteiger partial charge in [-0.25, -0.2) is 9.59 Å². The number of carboxylic acids is 1. The smallest absolute Gasteiger partial charge is 0.343 e. The van der Waals surface area contributed by atoms with Crippen LogP contribution in [0, 0.1) is 0 Å². The zero-order valence-electron chi connectivity index (χ0n) is 16.8. The number of allylic oxidation sites excluding steroid dienone is 2. The summed E-state index contributed by atoms with van der Waals surface area (Å²) in [4.78, 5) is 36.2. The second-order valence-electron chi connectivity index (χ2n) is 6.80. The summed E-state index contributed by atoms with van der Waals surface area (Å²) in [7, 11) is 0. The first kappa shape index (κ1) is 21.5. The first-order chi connectivity index (χ1) is 14.9. The van der Waals surface area contributed by atoms with Crippen molar-refractivity contribution in [2.75, 3.05) is 0 Å². The molecule has 3 aromatic carbocycles. The van der Waals surface area contributed by atoms with Crippen LogP contribution in [-0.4, -0.2) is 22.8 Å². The summed E-state index contributed by atoms with van der Waals surface area (Å²) in [6.45, 7) is 1.63. The van der Waals surface area contributed by atoms with Gasteiger partial charge in [0.2, 0.25) is 0 Å². The summed E-state index contributed by atoms with van der Waals surface area (Å²) in [5, 5.41) is 12.5. The molecule has 0 saturated carbocycles. The highest BCUT2D eigenvalue weighted by Gasteiger charge is 2.20. The zero-order chi connectivity index (χ0) is 22.2. The quantitative estimate of drug-likeness (QED) is 0.245. The van der Waals surface area contributed by atoms with E-state index in [0.29, 0.717) is 28.1 Å². The van der Waals surface area contributed by atoms with Crippen molar-refractivity contribution in [2.45, 2.75) is 13.0 Å². The Morgan fingerprint density at radius 3 is 1.94 bits per heavy atom. The maximum absolute atomic E-state index is 12.3. The molecule has 1 unspecified atom stereocenters. The number of carbonyl (C=O) groups is 3. The summed E-state index contributed by atoms with van der Waals surface area (Å²) in [6.07, 6.45) is 1.36. The lowest BCUT2D eigenvalue weighted by atomic mass is 10.1. The van der Waals surface area contributed by atoms with Gasteiger partial charge in [-0.1, -0.05) is 60.7 Å². The molecular formula is C25H21NO5. The van der Waals surface area contributed by atoms with E-state index in [9.17, 15) is 19.5 Å². The molecule has 0 aliphatic carbocycles. The zero-order valence-corrected chi connectivity index (χ0v) is 16.8. The molecule has 0 fully saturated rings. The van der Waals surface area contributed by atoms with Gasteiger partial charge in [-0.3, -0.25) is 4.79 Å². The monoisotopic (exact) mass is 415 g/mol. The first-order valence-electron chi connectivity index (χ1n) is 9.58. The third-order valence-electron chi connectivity index (χ3n) is 4.46. The average Bonchev–Trinajstić information content (AvgIpc) is 2.79. The summed E-state index contributed by atoms with van der Waals surface area (Å²) in [6, 6.07) is 22.4. The van der Waals surface area contributed by atoms with Gasteiger partial charge >= 0.3 is 11.9 Å². The van der Waals surface area contributed by atoms with Crippen LogP contribution in [-0.2, 0) is 4.79 Å². The number of ether oxygens (including phenoxy) is 1. The van der Waals surface area contributed by atoms with Crippen molar-refractivity contribution in [3.05, 3.63) is 113 Å². The second kappa shape index (κ2) is 10.0. The lowest BCUT2D eigenvalue weighted by Crippen LogP contribution is -2.27. The summed E-state index contributed by atoms with van der Waals surface area (Å²) in [5.41, 5.74) is 1.80. The number of nitrogens with one attached hydrogen (secondary N) is 1. The van der Waals surface area contributed by atoms with E-state index >= 15 is 0 Å². The fraction of sp³-hybridized carbons (Fsp3) is 0.0800. The number of rotatable bonds is 8. The molecule has 156 valence electrons. The van der Waals surface area contributed by atoms with Gasteiger partial charge in [0.1, 0.15) is 11.8 Å². The van der Waals surface area contributed by atoms with Gasteiger partial charge in [0, 0.05) is 17.3 Å². The molecule has 0 heterocycles. The predicted molar refractivity (Wildman–Crippen MR) is 116 cm³/mol. The van der Waals surface area contributed by atoms with Gasteiger partial charge < -0.3 is 15.2 Å². The van der Waals surface area contributed by atoms with Crippen LogP contribution >= 0.6 is 0 Å². The minimum Gasteiger partial charge on any atom is -0.479 e. The number of esters is 1. The number of hydrogen-bond donors (Lipinski definition) is 2. The van der Waals surface area contributed by atoms with Crippen LogP contribution in [0.4, 0.5) is 0 Å². The van der Waals surface area contributed by atoms with Gasteiger partial charge in [-0.2, -0.15) is 0 Å². The van der Waals surface area contributed by atoms with Gasteiger partial charge in [0.25, 0.3) is 0 Å². The highest BCUT2D eigenvalue weighted by Crippen LogP contribution is 2.20. The van der Waals surface area contributed by atoms with Crippen LogP contribution in [0.3, 0.4) is 0 Å². The van der Waals surface area contributed by atoms with E-state index in [4.69, 9.17) is 4.74 Å². The van der Waals surface area contributed by atoms with Gasteiger partial charge in [-0.15, -0.1) is 0 Å². The first-order valence-corrected chi connectivity index (χ1v) is 9.58. The third-order valence-corrected chi connectivity index (χ3v) is 4.46. The maximum Gasteiger partial charge on any atom is 0.343 e. The molecule has 0 bridgehead atoms. The van der Waals surface area contributed by atoms with Crippen molar-refractivity contribution in [3.63, 3.8) is 0 Å². The Bertz CT molecular complexity index is 1090. The highest BCUT2D eigenvalue weighted by molar-refractivity contribution is 6.04. The van der Waals surface area contributed by atoms with Crippen molar-refractivity contribution in [3.8, 4) is 5.75 Å². The Hall–Kier alpha value is -4.19. The molecule has 3 rings (SSSR count). The van der Waals surface area contributed by atoms with E-state index in [1.807, 2.05) is 6.07 Å². The fourth-order valence-corrected chi connectivity index (χ4v) is 2.91. The van der Waals surface area contributed by atoms with Crippen molar-refractivity contribution in [1.82, 2.24) is 5.32 Å². The Morgan fingerprint density at radius 2 is 1.39 bits per heavy atom. The Balaban J connectivity index is 1.70. The number of carbonyl (C=O) groups excluding carboxylic acids is 2. The van der Waals surface area contributed by atoms with Crippen molar-refractivity contribution >= 4 is 17.7 Å². The van der Waals surface area contributed by atoms with Crippen molar-refractivity contribution < 1.29 is 24.2 Å². The van der Waals surface area contributed by atoms with Crippen LogP contribution in [0.25, 0.3) is 0 Å². The largest absolute Gasteiger partial charge is 0.479 e. The van der Waals surface area contributed by atoms with Crippen LogP contribution in [0.5, 0.6) is 5.75 Å². The molecular weight excluding hydrogens is 394 g/mol. The molecule has 0 aliphatic heterocycles. The number of aliphatic carboxylic acids is 1. The van der Waals surface area contributed by atoms with E-state index in [2.05, 4.69) is 5.32 Å². The molecule has 6 nitrogen and oxygen atoms in total. The molecule has 6 heteroatoms. The number of carboxylic acid groups (broad SMARTS) is 1. The fourth-order valence-electron chi connectivity index (χ4n) is 2.91. The van der Waals surface area contributed by atoms with E-state index in [1.54, 1.807) is 73.7 Å². The van der Waals surface area contributed by atoms with Gasteiger partial charge in [0.15, 0.2) is 5.78 Å². The maximum atomic E-state index is 12.3. The Morgan fingerprint density at radius 1 is 0.839 bits per heavy atom. The molecule has 31 heavy (non-hydrogen) atoms.